The second kappa shape index (κ2) is 5.71. The van der Waals surface area contributed by atoms with Crippen LogP contribution >= 0.6 is 18.9 Å². The van der Waals surface area contributed by atoms with Gasteiger partial charge in [-0.15, -0.1) is 0 Å². The molecule has 0 amide bonds. The van der Waals surface area contributed by atoms with Gasteiger partial charge in [0.15, 0.2) is 0 Å². The molecular formula is C8H8O7P2S. The molecule has 0 aromatic heterocycles. The van der Waals surface area contributed by atoms with E-state index in [9.17, 15) is 18.0 Å². The molecule has 98 valence electrons. The highest BCUT2D eigenvalue weighted by molar-refractivity contribution is 7.86. The van der Waals surface area contributed by atoms with Crippen molar-refractivity contribution in [1.82, 2.24) is 0 Å². The second-order valence-corrected chi connectivity index (χ2v) is 4.86. The topological polar surface area (TPSA) is 107 Å². The third-order valence-corrected chi connectivity index (χ3v) is 3.25. The largest absolute Gasteiger partial charge is 0.448 e. The summed E-state index contributed by atoms with van der Waals surface area (Å²) in [4.78, 5) is 21.8. The van der Waals surface area contributed by atoms with Crippen LogP contribution in [0.2, 0.25) is 0 Å². The van der Waals surface area contributed by atoms with Gasteiger partial charge in [0.1, 0.15) is 4.90 Å². The first-order chi connectivity index (χ1) is 8.31. The van der Waals surface area contributed by atoms with E-state index >= 15 is 0 Å². The Morgan fingerprint density at radius 2 is 1.67 bits per heavy atom. The SMILES string of the molecule is O=C(OP)c1ccc(C(=O)OP)c(S(=O)(=O)O)c1. The van der Waals surface area contributed by atoms with E-state index in [1.165, 1.54) is 0 Å². The van der Waals surface area contributed by atoms with Gasteiger partial charge < -0.3 is 9.05 Å². The van der Waals surface area contributed by atoms with Crippen LogP contribution in [0.5, 0.6) is 0 Å². The predicted molar refractivity (Wildman–Crippen MR) is 66.5 cm³/mol. The fraction of sp³-hybridized carbons (Fsp3) is 0. The number of benzene rings is 1. The lowest BCUT2D eigenvalue weighted by atomic mass is 10.1. The van der Waals surface area contributed by atoms with Gasteiger partial charge in [0.2, 0.25) is 0 Å². The lowest BCUT2D eigenvalue weighted by molar-refractivity contribution is 0.0748. The zero-order valence-electron chi connectivity index (χ0n) is 8.69. The third kappa shape index (κ3) is 3.23. The van der Waals surface area contributed by atoms with Crippen LogP contribution in [-0.4, -0.2) is 24.9 Å². The van der Waals surface area contributed by atoms with Gasteiger partial charge in [-0.2, -0.15) is 8.42 Å². The number of hydrogen-bond donors (Lipinski definition) is 1. The Balaban J connectivity index is 3.49. The average Bonchev–Trinajstić information content (AvgIpc) is 2.35. The zero-order valence-corrected chi connectivity index (χ0v) is 11.8. The summed E-state index contributed by atoms with van der Waals surface area (Å²) in [5.41, 5.74) is -0.536. The molecule has 0 saturated carbocycles. The quantitative estimate of drug-likeness (QED) is 0.650. The molecule has 0 aliphatic heterocycles. The third-order valence-electron chi connectivity index (χ3n) is 1.93. The molecule has 0 aliphatic rings. The van der Waals surface area contributed by atoms with E-state index in [1.54, 1.807) is 18.9 Å². The highest BCUT2D eigenvalue weighted by atomic mass is 32.2. The van der Waals surface area contributed by atoms with Gasteiger partial charge in [0.25, 0.3) is 10.1 Å². The molecule has 0 aliphatic carbocycles. The van der Waals surface area contributed by atoms with Gasteiger partial charge in [0, 0.05) is 0 Å². The van der Waals surface area contributed by atoms with Crippen LogP contribution in [0.3, 0.4) is 0 Å². The van der Waals surface area contributed by atoms with Gasteiger partial charge in [-0.25, -0.2) is 9.59 Å². The fourth-order valence-corrected chi connectivity index (χ4v) is 2.13. The standard InChI is InChI=1S/C8H8O7P2S/c9-7(14-16)4-1-2-5(8(10)15-17)6(3-4)18(11,12)13/h1-3H,16-17H2,(H,11,12,13). The Hall–Kier alpha value is -1.07. The summed E-state index contributed by atoms with van der Waals surface area (Å²) in [6, 6.07) is 3.02. The van der Waals surface area contributed by atoms with E-state index in [4.69, 9.17) is 4.55 Å². The van der Waals surface area contributed by atoms with Crippen molar-refractivity contribution in [1.29, 1.82) is 0 Å². The minimum absolute atomic E-state index is 0.141. The molecule has 0 heterocycles. The van der Waals surface area contributed by atoms with Crippen molar-refractivity contribution in [3.05, 3.63) is 29.3 Å². The number of carbonyl (C=O) groups is 2. The predicted octanol–water partition coefficient (Wildman–Crippen LogP) is 0.827. The lowest BCUT2D eigenvalue weighted by Gasteiger charge is -2.06. The number of carbonyl (C=O) groups excluding carboxylic acids is 2. The Kier molecular flexibility index (Phi) is 4.76. The van der Waals surface area contributed by atoms with Crippen molar-refractivity contribution in [2.24, 2.45) is 0 Å². The molecule has 10 heteroatoms. The second-order valence-electron chi connectivity index (χ2n) is 3.00. The molecule has 1 aromatic carbocycles. The van der Waals surface area contributed by atoms with E-state index in [2.05, 4.69) is 9.05 Å². The van der Waals surface area contributed by atoms with Crippen LogP contribution in [0.1, 0.15) is 20.7 Å². The summed E-state index contributed by atoms with van der Waals surface area (Å²) in [5, 5.41) is 0. The average molecular weight is 310 g/mol. The Labute approximate surface area is 107 Å². The highest BCUT2D eigenvalue weighted by Gasteiger charge is 2.23. The van der Waals surface area contributed by atoms with Crippen molar-refractivity contribution < 1.29 is 31.6 Å². The molecule has 0 spiro atoms. The van der Waals surface area contributed by atoms with Crippen molar-refractivity contribution in [2.75, 3.05) is 0 Å². The monoisotopic (exact) mass is 310 g/mol. The normalized spacial score (nSPS) is 10.8. The molecular weight excluding hydrogens is 302 g/mol. The first kappa shape index (κ1) is 15.0. The van der Waals surface area contributed by atoms with Crippen molar-refractivity contribution in [2.45, 2.75) is 4.90 Å². The molecule has 0 fully saturated rings. The molecule has 0 bridgehead atoms. The maximum absolute atomic E-state index is 11.3. The van der Waals surface area contributed by atoms with Crippen LogP contribution in [0.25, 0.3) is 0 Å². The summed E-state index contributed by atoms with van der Waals surface area (Å²) >= 11 is 0. The van der Waals surface area contributed by atoms with E-state index in [0.29, 0.717) is 0 Å². The fourth-order valence-electron chi connectivity index (χ4n) is 1.16. The molecule has 2 unspecified atom stereocenters. The van der Waals surface area contributed by atoms with Crippen molar-refractivity contribution >= 4 is 41.0 Å². The summed E-state index contributed by atoms with van der Waals surface area (Å²) in [5.74, 6) is -1.82. The molecule has 7 nitrogen and oxygen atoms in total. The van der Waals surface area contributed by atoms with Gasteiger partial charge in [0.05, 0.1) is 30.1 Å². The van der Waals surface area contributed by atoms with Crippen molar-refractivity contribution in [3.63, 3.8) is 0 Å². The van der Waals surface area contributed by atoms with Gasteiger partial charge >= 0.3 is 11.9 Å². The number of hydrogen-bond acceptors (Lipinski definition) is 6. The highest BCUT2D eigenvalue weighted by Crippen LogP contribution is 2.20. The summed E-state index contributed by atoms with van der Waals surface area (Å²) in [6.45, 7) is 0. The van der Waals surface area contributed by atoms with E-state index in [-0.39, 0.29) is 5.56 Å². The molecule has 1 N–H and O–H groups in total. The van der Waals surface area contributed by atoms with Gasteiger partial charge in [-0.1, -0.05) is 0 Å². The Morgan fingerprint density at radius 3 is 2.11 bits per heavy atom. The minimum Gasteiger partial charge on any atom is -0.448 e. The Bertz CT molecular complexity index is 595. The molecule has 0 radical (unpaired) electrons. The summed E-state index contributed by atoms with van der Waals surface area (Å²) in [6.07, 6.45) is 0. The molecule has 2 atom stereocenters. The van der Waals surface area contributed by atoms with Gasteiger partial charge in [-0.3, -0.25) is 4.55 Å². The lowest BCUT2D eigenvalue weighted by Crippen LogP contribution is -2.11. The zero-order chi connectivity index (χ0) is 13.9. The summed E-state index contributed by atoms with van der Waals surface area (Å²) < 4.78 is 39.8. The first-order valence-corrected chi connectivity index (χ1v) is 6.63. The van der Waals surface area contributed by atoms with Crippen LogP contribution in [0.4, 0.5) is 0 Å². The van der Waals surface area contributed by atoms with E-state index in [0.717, 1.165) is 18.2 Å². The Morgan fingerprint density at radius 1 is 1.11 bits per heavy atom. The van der Waals surface area contributed by atoms with Crippen LogP contribution in [-0.2, 0) is 19.2 Å². The maximum atomic E-state index is 11.3. The number of rotatable bonds is 3. The van der Waals surface area contributed by atoms with Gasteiger partial charge in [-0.05, 0) is 18.2 Å². The van der Waals surface area contributed by atoms with Crippen molar-refractivity contribution in [3.8, 4) is 0 Å². The van der Waals surface area contributed by atoms with E-state index in [1.807, 2.05) is 0 Å². The molecule has 18 heavy (non-hydrogen) atoms. The maximum Gasteiger partial charge on any atom is 0.341 e. The summed E-state index contributed by atoms with van der Waals surface area (Å²) in [7, 11) is -1.33. The van der Waals surface area contributed by atoms with E-state index < -0.39 is 32.5 Å². The van der Waals surface area contributed by atoms with Crippen LogP contribution in [0.15, 0.2) is 23.1 Å². The van der Waals surface area contributed by atoms with Crippen LogP contribution < -0.4 is 0 Å². The molecule has 0 saturated heterocycles. The minimum atomic E-state index is -4.68. The van der Waals surface area contributed by atoms with Crippen LogP contribution in [0, 0.1) is 0 Å². The first-order valence-electron chi connectivity index (χ1n) is 4.25. The molecule has 1 aromatic rings. The smallest absolute Gasteiger partial charge is 0.341 e. The molecule has 1 rings (SSSR count).